The lowest BCUT2D eigenvalue weighted by Crippen LogP contribution is -2.42. The van der Waals surface area contributed by atoms with Crippen molar-refractivity contribution in [2.75, 3.05) is 6.54 Å². The number of nitrogens with one attached hydrogen (secondary N) is 1. The zero-order chi connectivity index (χ0) is 12.0. The zero-order valence-electron chi connectivity index (χ0n) is 10.0. The Morgan fingerprint density at radius 3 is 2.56 bits per heavy atom. The van der Waals surface area contributed by atoms with Crippen molar-refractivity contribution in [1.29, 1.82) is 0 Å². The number of nitrogens with zero attached hydrogens (tertiary/aromatic N) is 1. The largest absolute Gasteiger partial charge is 0.353 e. The van der Waals surface area contributed by atoms with Crippen molar-refractivity contribution in [1.82, 2.24) is 9.88 Å². The summed E-state index contributed by atoms with van der Waals surface area (Å²) in [6, 6.07) is 3.54. The second kappa shape index (κ2) is 6.33. The van der Waals surface area contributed by atoms with Gasteiger partial charge in [-0.2, -0.15) is 0 Å². The van der Waals surface area contributed by atoms with Gasteiger partial charge in [0, 0.05) is 25.5 Å². The van der Waals surface area contributed by atoms with E-state index in [1.165, 1.54) is 0 Å². The Labute approximate surface area is 96.8 Å². The fourth-order valence-electron chi connectivity index (χ4n) is 1.57. The predicted octanol–water partition coefficient (Wildman–Crippen LogP) is 0.978. The van der Waals surface area contributed by atoms with Crippen LogP contribution in [-0.4, -0.2) is 23.1 Å². The molecule has 0 aromatic carbocycles. The van der Waals surface area contributed by atoms with Gasteiger partial charge in [-0.1, -0.05) is 13.8 Å². The van der Waals surface area contributed by atoms with E-state index in [-0.39, 0.29) is 11.9 Å². The highest BCUT2D eigenvalue weighted by Gasteiger charge is 2.13. The maximum atomic E-state index is 11.6. The second-order valence-electron chi connectivity index (χ2n) is 4.45. The van der Waals surface area contributed by atoms with Crippen LogP contribution in [0.1, 0.15) is 20.3 Å². The first-order valence-corrected chi connectivity index (χ1v) is 5.73. The van der Waals surface area contributed by atoms with Gasteiger partial charge in [-0.3, -0.25) is 4.79 Å². The molecule has 0 unspecified atom stereocenters. The SMILES string of the molecule is CC(C)C[C@H](N)C(=O)NCCn1cccc1. The van der Waals surface area contributed by atoms with Gasteiger partial charge >= 0.3 is 0 Å². The topological polar surface area (TPSA) is 60.1 Å². The first kappa shape index (κ1) is 12.8. The molecule has 0 fully saturated rings. The van der Waals surface area contributed by atoms with Gasteiger partial charge in [-0.15, -0.1) is 0 Å². The number of carbonyl (C=O) groups is 1. The van der Waals surface area contributed by atoms with Crippen LogP contribution < -0.4 is 11.1 Å². The maximum absolute atomic E-state index is 11.6. The van der Waals surface area contributed by atoms with Crippen molar-refractivity contribution in [2.24, 2.45) is 11.7 Å². The summed E-state index contributed by atoms with van der Waals surface area (Å²) in [5.41, 5.74) is 5.76. The Kier molecular flexibility index (Phi) is 5.05. The summed E-state index contributed by atoms with van der Waals surface area (Å²) >= 11 is 0. The first-order chi connectivity index (χ1) is 7.59. The molecule has 90 valence electrons. The fraction of sp³-hybridized carbons (Fsp3) is 0.583. The molecule has 1 heterocycles. The van der Waals surface area contributed by atoms with E-state index < -0.39 is 0 Å². The predicted molar refractivity (Wildman–Crippen MR) is 64.9 cm³/mol. The highest BCUT2D eigenvalue weighted by atomic mass is 16.2. The highest BCUT2D eigenvalue weighted by molar-refractivity contribution is 5.81. The van der Waals surface area contributed by atoms with E-state index in [2.05, 4.69) is 19.2 Å². The quantitative estimate of drug-likeness (QED) is 0.755. The molecule has 4 nitrogen and oxygen atoms in total. The van der Waals surface area contributed by atoms with E-state index in [4.69, 9.17) is 5.73 Å². The summed E-state index contributed by atoms with van der Waals surface area (Å²) in [7, 11) is 0. The summed E-state index contributed by atoms with van der Waals surface area (Å²) in [4.78, 5) is 11.6. The number of amides is 1. The standard InChI is InChI=1S/C12H21N3O/c1-10(2)9-11(13)12(16)14-5-8-15-6-3-4-7-15/h3-4,6-7,10-11H,5,8-9,13H2,1-2H3,(H,14,16)/t11-/m0/s1. The lowest BCUT2D eigenvalue weighted by Gasteiger charge is -2.14. The van der Waals surface area contributed by atoms with Gasteiger partial charge in [0.25, 0.3) is 0 Å². The van der Waals surface area contributed by atoms with Crippen molar-refractivity contribution in [3.8, 4) is 0 Å². The van der Waals surface area contributed by atoms with Gasteiger partial charge < -0.3 is 15.6 Å². The number of carbonyl (C=O) groups excluding carboxylic acids is 1. The number of rotatable bonds is 6. The molecule has 1 amide bonds. The van der Waals surface area contributed by atoms with E-state index in [1.807, 2.05) is 29.1 Å². The van der Waals surface area contributed by atoms with Gasteiger partial charge in [-0.25, -0.2) is 0 Å². The Hall–Kier alpha value is -1.29. The lowest BCUT2D eigenvalue weighted by molar-refractivity contribution is -0.122. The summed E-state index contributed by atoms with van der Waals surface area (Å²) < 4.78 is 2.02. The summed E-state index contributed by atoms with van der Waals surface area (Å²) in [6.45, 7) is 5.53. The maximum Gasteiger partial charge on any atom is 0.236 e. The molecule has 0 aliphatic rings. The third kappa shape index (κ3) is 4.49. The monoisotopic (exact) mass is 223 g/mol. The summed E-state index contributed by atoms with van der Waals surface area (Å²) in [5, 5.41) is 2.84. The van der Waals surface area contributed by atoms with Crippen LogP contribution in [0.25, 0.3) is 0 Å². The molecule has 0 radical (unpaired) electrons. The van der Waals surface area contributed by atoms with Crippen LogP contribution in [0.3, 0.4) is 0 Å². The number of aromatic nitrogens is 1. The molecule has 0 aliphatic carbocycles. The number of hydrogen-bond donors (Lipinski definition) is 2. The van der Waals surface area contributed by atoms with E-state index >= 15 is 0 Å². The van der Waals surface area contributed by atoms with E-state index in [9.17, 15) is 4.79 Å². The van der Waals surface area contributed by atoms with Crippen LogP contribution >= 0.6 is 0 Å². The van der Waals surface area contributed by atoms with Crippen LogP contribution in [0.5, 0.6) is 0 Å². The molecule has 0 saturated heterocycles. The molecule has 0 bridgehead atoms. The highest BCUT2D eigenvalue weighted by Crippen LogP contribution is 2.02. The molecule has 16 heavy (non-hydrogen) atoms. The van der Waals surface area contributed by atoms with Gasteiger partial charge in [0.05, 0.1) is 6.04 Å². The zero-order valence-corrected chi connectivity index (χ0v) is 10.0. The number of nitrogens with two attached hydrogens (primary N) is 1. The lowest BCUT2D eigenvalue weighted by atomic mass is 10.0. The third-order valence-corrected chi connectivity index (χ3v) is 2.40. The van der Waals surface area contributed by atoms with Gasteiger partial charge in [0.1, 0.15) is 0 Å². The molecular weight excluding hydrogens is 202 g/mol. The first-order valence-electron chi connectivity index (χ1n) is 5.73. The van der Waals surface area contributed by atoms with Crippen molar-refractivity contribution in [3.63, 3.8) is 0 Å². The molecule has 0 spiro atoms. The van der Waals surface area contributed by atoms with Crippen molar-refractivity contribution in [3.05, 3.63) is 24.5 Å². The summed E-state index contributed by atoms with van der Waals surface area (Å²) in [6.07, 6.45) is 4.68. The number of hydrogen-bond acceptors (Lipinski definition) is 2. The van der Waals surface area contributed by atoms with Crippen molar-refractivity contribution in [2.45, 2.75) is 32.9 Å². The van der Waals surface area contributed by atoms with E-state index in [0.717, 1.165) is 13.0 Å². The second-order valence-corrected chi connectivity index (χ2v) is 4.45. The van der Waals surface area contributed by atoms with Gasteiger partial charge in [-0.05, 0) is 24.5 Å². The molecule has 1 aromatic rings. The van der Waals surface area contributed by atoms with Crippen LogP contribution in [0.2, 0.25) is 0 Å². The normalized spacial score (nSPS) is 12.8. The van der Waals surface area contributed by atoms with Gasteiger partial charge in [0.2, 0.25) is 5.91 Å². The van der Waals surface area contributed by atoms with Crippen LogP contribution in [0, 0.1) is 5.92 Å². The smallest absolute Gasteiger partial charge is 0.236 e. The minimum Gasteiger partial charge on any atom is -0.353 e. The fourth-order valence-corrected chi connectivity index (χ4v) is 1.57. The molecule has 0 saturated carbocycles. The molecular formula is C12H21N3O. The molecule has 1 atom stereocenters. The van der Waals surface area contributed by atoms with Crippen molar-refractivity contribution < 1.29 is 4.79 Å². The van der Waals surface area contributed by atoms with Gasteiger partial charge in [0.15, 0.2) is 0 Å². The molecule has 0 aliphatic heterocycles. The molecule has 3 N–H and O–H groups in total. The molecule has 1 aromatic heterocycles. The van der Waals surface area contributed by atoms with Crippen LogP contribution in [0.15, 0.2) is 24.5 Å². The average molecular weight is 223 g/mol. The molecule has 4 heteroatoms. The minimum atomic E-state index is -0.385. The Morgan fingerprint density at radius 1 is 1.38 bits per heavy atom. The summed E-state index contributed by atoms with van der Waals surface area (Å²) in [5.74, 6) is 0.394. The van der Waals surface area contributed by atoms with Crippen molar-refractivity contribution >= 4 is 5.91 Å². The van der Waals surface area contributed by atoms with E-state index in [0.29, 0.717) is 12.5 Å². The average Bonchev–Trinajstić information content (AvgIpc) is 2.69. The Bertz CT molecular complexity index is 306. The van der Waals surface area contributed by atoms with Crippen LogP contribution in [-0.2, 0) is 11.3 Å². The minimum absolute atomic E-state index is 0.0548. The van der Waals surface area contributed by atoms with Crippen LogP contribution in [0.4, 0.5) is 0 Å². The molecule has 1 rings (SSSR count). The third-order valence-electron chi connectivity index (χ3n) is 2.40. The Morgan fingerprint density at radius 2 is 2.00 bits per heavy atom. The Balaban J connectivity index is 2.19. The van der Waals surface area contributed by atoms with E-state index in [1.54, 1.807) is 0 Å².